The molecule has 150 valence electrons. The molecule has 2 aromatic rings. The van der Waals surface area contributed by atoms with Crippen molar-refractivity contribution >= 4 is 23.2 Å². The fourth-order valence-corrected chi connectivity index (χ4v) is 3.88. The van der Waals surface area contributed by atoms with Crippen LogP contribution in [0.2, 0.25) is 10.0 Å². The Kier molecular flexibility index (Phi) is 6.20. The van der Waals surface area contributed by atoms with Crippen molar-refractivity contribution in [1.29, 1.82) is 0 Å². The van der Waals surface area contributed by atoms with Gasteiger partial charge in [-0.15, -0.1) is 0 Å². The standard InChI is InChI=1S/C20H20Cl2O6/c21-13-7-3-1-5-11(13)19-25-10-15(24)17(27-19)18-16(9-23)26-20(28-18)12-6-2-4-8-14(12)22/h1-8,15-20,23-24H,9-10H2/t15-,16+,17+,18+,19?,20?/m1/s1. The van der Waals surface area contributed by atoms with Gasteiger partial charge in [0.15, 0.2) is 12.6 Å². The number of aliphatic hydroxyl groups excluding tert-OH is 2. The second-order valence-corrected chi connectivity index (χ2v) is 7.48. The monoisotopic (exact) mass is 426 g/mol. The molecule has 8 heteroatoms. The van der Waals surface area contributed by atoms with E-state index in [0.29, 0.717) is 21.2 Å². The fourth-order valence-electron chi connectivity index (χ4n) is 3.43. The number of ether oxygens (including phenoxy) is 4. The van der Waals surface area contributed by atoms with Crippen molar-refractivity contribution in [1.82, 2.24) is 0 Å². The van der Waals surface area contributed by atoms with Gasteiger partial charge in [0.2, 0.25) is 0 Å². The number of hydrogen-bond donors (Lipinski definition) is 2. The van der Waals surface area contributed by atoms with Crippen LogP contribution in [-0.2, 0) is 18.9 Å². The summed E-state index contributed by atoms with van der Waals surface area (Å²) in [6, 6.07) is 14.3. The highest BCUT2D eigenvalue weighted by Gasteiger charge is 2.48. The third-order valence-corrected chi connectivity index (χ3v) is 5.53. The molecule has 2 N–H and O–H groups in total. The molecule has 0 bridgehead atoms. The van der Waals surface area contributed by atoms with Gasteiger partial charge in [-0.25, -0.2) is 0 Å². The van der Waals surface area contributed by atoms with Crippen LogP contribution in [0, 0.1) is 0 Å². The maximum Gasteiger partial charge on any atom is 0.186 e. The van der Waals surface area contributed by atoms with E-state index in [-0.39, 0.29) is 13.2 Å². The predicted molar refractivity (Wildman–Crippen MR) is 102 cm³/mol. The quantitative estimate of drug-likeness (QED) is 0.781. The Hall–Kier alpha value is -1.22. The summed E-state index contributed by atoms with van der Waals surface area (Å²) >= 11 is 12.5. The summed E-state index contributed by atoms with van der Waals surface area (Å²) < 4.78 is 23.5. The molecule has 0 aliphatic carbocycles. The van der Waals surface area contributed by atoms with Crippen LogP contribution in [0.4, 0.5) is 0 Å². The van der Waals surface area contributed by atoms with E-state index in [0.717, 1.165) is 0 Å². The summed E-state index contributed by atoms with van der Waals surface area (Å²) in [6.45, 7) is -0.259. The normalized spacial score (nSPS) is 33.1. The predicted octanol–water partition coefficient (Wildman–Crippen LogP) is 3.24. The molecule has 0 amide bonds. The molecule has 0 aromatic heterocycles. The lowest BCUT2D eigenvalue weighted by Gasteiger charge is -2.37. The lowest BCUT2D eigenvalue weighted by molar-refractivity contribution is -0.279. The van der Waals surface area contributed by atoms with E-state index in [9.17, 15) is 10.2 Å². The summed E-state index contributed by atoms with van der Waals surface area (Å²) in [5.74, 6) is 0. The maximum atomic E-state index is 10.5. The Labute approximate surface area is 172 Å². The molecule has 0 spiro atoms. The third kappa shape index (κ3) is 3.92. The zero-order valence-electron chi connectivity index (χ0n) is 14.8. The van der Waals surface area contributed by atoms with Crippen LogP contribution in [0.5, 0.6) is 0 Å². The number of halogens is 2. The molecule has 2 aliphatic rings. The van der Waals surface area contributed by atoms with Crippen molar-refractivity contribution in [2.24, 2.45) is 0 Å². The van der Waals surface area contributed by atoms with E-state index in [2.05, 4.69) is 0 Å². The van der Waals surface area contributed by atoms with Crippen molar-refractivity contribution < 1.29 is 29.2 Å². The lowest BCUT2D eigenvalue weighted by atomic mass is 10.0. The van der Waals surface area contributed by atoms with Crippen LogP contribution in [0.1, 0.15) is 23.7 Å². The summed E-state index contributed by atoms with van der Waals surface area (Å²) in [7, 11) is 0. The molecular weight excluding hydrogens is 407 g/mol. The first-order valence-corrected chi connectivity index (χ1v) is 9.70. The Morgan fingerprint density at radius 2 is 1.39 bits per heavy atom. The zero-order chi connectivity index (χ0) is 19.7. The number of hydrogen-bond acceptors (Lipinski definition) is 6. The average Bonchev–Trinajstić information content (AvgIpc) is 3.13. The van der Waals surface area contributed by atoms with Gasteiger partial charge in [-0.2, -0.15) is 0 Å². The molecule has 2 heterocycles. The molecule has 0 radical (unpaired) electrons. The molecule has 4 rings (SSSR count). The van der Waals surface area contributed by atoms with Crippen LogP contribution >= 0.6 is 23.2 Å². The average molecular weight is 427 g/mol. The molecule has 2 fully saturated rings. The molecule has 6 nitrogen and oxygen atoms in total. The highest BCUT2D eigenvalue weighted by Crippen LogP contribution is 2.40. The van der Waals surface area contributed by atoms with E-state index in [1.807, 2.05) is 18.2 Å². The van der Waals surface area contributed by atoms with Crippen LogP contribution in [0.15, 0.2) is 48.5 Å². The van der Waals surface area contributed by atoms with Gasteiger partial charge in [-0.3, -0.25) is 0 Å². The van der Waals surface area contributed by atoms with Gasteiger partial charge in [-0.1, -0.05) is 59.6 Å². The highest BCUT2D eigenvalue weighted by molar-refractivity contribution is 6.31. The molecule has 28 heavy (non-hydrogen) atoms. The van der Waals surface area contributed by atoms with Gasteiger partial charge < -0.3 is 29.2 Å². The summed E-state index contributed by atoms with van der Waals surface area (Å²) in [5, 5.41) is 21.2. The van der Waals surface area contributed by atoms with Crippen molar-refractivity contribution in [2.45, 2.75) is 37.0 Å². The molecule has 0 saturated carbocycles. The zero-order valence-corrected chi connectivity index (χ0v) is 16.3. The first-order chi connectivity index (χ1) is 13.6. The van der Waals surface area contributed by atoms with Crippen molar-refractivity contribution in [3.8, 4) is 0 Å². The summed E-state index contributed by atoms with van der Waals surface area (Å²) in [5.41, 5.74) is 1.30. The fraction of sp³-hybridized carbons (Fsp3) is 0.400. The molecule has 6 atom stereocenters. The molecule has 2 saturated heterocycles. The first kappa shape index (κ1) is 20.1. The molecule has 2 aliphatic heterocycles. The maximum absolute atomic E-state index is 10.5. The number of aliphatic hydroxyl groups is 2. The summed E-state index contributed by atoms with van der Waals surface area (Å²) in [6.07, 6.45) is -4.66. The van der Waals surface area contributed by atoms with Crippen LogP contribution in [0.25, 0.3) is 0 Å². The van der Waals surface area contributed by atoms with Crippen molar-refractivity contribution in [3.05, 3.63) is 69.7 Å². The molecular formula is C20H20Cl2O6. The summed E-state index contributed by atoms with van der Waals surface area (Å²) in [4.78, 5) is 0. The largest absolute Gasteiger partial charge is 0.394 e. The Morgan fingerprint density at radius 3 is 2.00 bits per heavy atom. The van der Waals surface area contributed by atoms with Crippen LogP contribution < -0.4 is 0 Å². The minimum atomic E-state index is -0.952. The minimum Gasteiger partial charge on any atom is -0.394 e. The van der Waals surface area contributed by atoms with E-state index >= 15 is 0 Å². The van der Waals surface area contributed by atoms with Crippen molar-refractivity contribution in [2.75, 3.05) is 13.2 Å². The van der Waals surface area contributed by atoms with Gasteiger partial charge in [0.1, 0.15) is 24.4 Å². The van der Waals surface area contributed by atoms with Gasteiger partial charge >= 0.3 is 0 Å². The van der Waals surface area contributed by atoms with Crippen molar-refractivity contribution in [3.63, 3.8) is 0 Å². The van der Waals surface area contributed by atoms with Gasteiger partial charge in [0.25, 0.3) is 0 Å². The van der Waals surface area contributed by atoms with Gasteiger partial charge in [0.05, 0.1) is 13.2 Å². The number of benzene rings is 2. The molecule has 2 unspecified atom stereocenters. The van der Waals surface area contributed by atoms with Crippen LogP contribution in [-0.4, -0.2) is 47.8 Å². The number of rotatable bonds is 4. The van der Waals surface area contributed by atoms with Gasteiger partial charge in [-0.05, 0) is 12.1 Å². The van der Waals surface area contributed by atoms with E-state index in [1.165, 1.54) is 0 Å². The van der Waals surface area contributed by atoms with E-state index in [4.69, 9.17) is 42.1 Å². The third-order valence-electron chi connectivity index (χ3n) is 4.85. The Bertz CT molecular complexity index is 775. The second-order valence-electron chi connectivity index (χ2n) is 6.67. The topological polar surface area (TPSA) is 77.4 Å². The Balaban J connectivity index is 1.55. The Morgan fingerprint density at radius 1 is 0.821 bits per heavy atom. The van der Waals surface area contributed by atoms with Crippen LogP contribution in [0.3, 0.4) is 0 Å². The second kappa shape index (κ2) is 8.65. The van der Waals surface area contributed by atoms with E-state index < -0.39 is 37.0 Å². The SMILES string of the molecule is OC[C@@H]1OC(c2ccccc2Cl)O[C@@H]1[C@H]1OC(c2ccccc2Cl)OC[C@H]1O. The first-order valence-electron chi connectivity index (χ1n) is 8.94. The lowest BCUT2D eigenvalue weighted by Crippen LogP contribution is -2.51. The minimum absolute atomic E-state index is 0.0370. The van der Waals surface area contributed by atoms with Gasteiger partial charge in [0, 0.05) is 21.2 Å². The highest BCUT2D eigenvalue weighted by atomic mass is 35.5. The van der Waals surface area contributed by atoms with E-state index in [1.54, 1.807) is 30.3 Å². The molecule has 2 aromatic carbocycles. The smallest absolute Gasteiger partial charge is 0.186 e.